The van der Waals surface area contributed by atoms with Gasteiger partial charge in [-0.05, 0) is 93.8 Å². The average molecular weight is 372 g/mol. The molecule has 0 heterocycles. The maximum atomic E-state index is 11.9. The highest BCUT2D eigenvalue weighted by atomic mass is 35.5. The molecule has 4 aliphatic rings. The smallest absolute Gasteiger partial charge is 0.0735 e. The molecule has 0 bridgehead atoms. The fourth-order valence-corrected chi connectivity index (χ4v) is 8.09. The first kappa shape index (κ1) is 19.9. The van der Waals surface area contributed by atoms with E-state index in [-0.39, 0.29) is 30.0 Å². The molecule has 0 saturated heterocycles. The van der Waals surface area contributed by atoms with Crippen molar-refractivity contribution in [2.45, 2.75) is 96.3 Å². The summed E-state index contributed by atoms with van der Waals surface area (Å²) in [6, 6.07) is 0.178. The van der Waals surface area contributed by atoms with Crippen molar-refractivity contribution < 1.29 is 10.2 Å². The van der Waals surface area contributed by atoms with Crippen LogP contribution in [0.2, 0.25) is 0 Å². The van der Waals surface area contributed by atoms with Crippen molar-refractivity contribution in [3.05, 3.63) is 0 Å². The van der Waals surface area contributed by atoms with Gasteiger partial charge in [-0.3, -0.25) is 0 Å². The van der Waals surface area contributed by atoms with Crippen LogP contribution in [0.15, 0.2) is 0 Å². The van der Waals surface area contributed by atoms with Crippen molar-refractivity contribution in [2.75, 3.05) is 0 Å². The maximum Gasteiger partial charge on any atom is 0.0735 e. The minimum Gasteiger partial charge on any atom is -0.393 e. The van der Waals surface area contributed by atoms with Crippen LogP contribution in [0.1, 0.15) is 78.6 Å². The number of hydrogen-bond acceptors (Lipinski definition) is 3. The molecule has 4 heteroatoms. The Morgan fingerprint density at radius 1 is 0.960 bits per heavy atom. The fraction of sp³-hybridized carbons (Fsp3) is 1.00. The SMILES string of the molecule is CC(N)[C@H]1CC[C@]2(O)[C@@H]3CCC4CC(O)CC[C@]4(C)[C@H]3CC[C@]12C.Cl. The van der Waals surface area contributed by atoms with Crippen LogP contribution in [0.5, 0.6) is 0 Å². The van der Waals surface area contributed by atoms with E-state index in [1.54, 1.807) is 0 Å². The molecular weight excluding hydrogens is 334 g/mol. The van der Waals surface area contributed by atoms with Crippen molar-refractivity contribution in [1.82, 2.24) is 0 Å². The Labute approximate surface area is 159 Å². The van der Waals surface area contributed by atoms with Crippen molar-refractivity contribution in [3.8, 4) is 0 Å². The second-order valence-corrected chi connectivity index (χ2v) is 10.3. The minimum atomic E-state index is -0.516. The topological polar surface area (TPSA) is 66.5 Å². The van der Waals surface area contributed by atoms with Gasteiger partial charge in [-0.1, -0.05) is 13.8 Å². The zero-order chi connectivity index (χ0) is 17.3. The van der Waals surface area contributed by atoms with E-state index in [4.69, 9.17) is 5.73 Å². The van der Waals surface area contributed by atoms with Crippen LogP contribution in [0, 0.1) is 34.5 Å². The lowest BCUT2D eigenvalue weighted by molar-refractivity contribution is -0.211. The van der Waals surface area contributed by atoms with E-state index in [1.165, 1.54) is 12.8 Å². The molecule has 4 rings (SSSR count). The summed E-state index contributed by atoms with van der Waals surface area (Å²) < 4.78 is 0. The number of hydrogen-bond donors (Lipinski definition) is 3. The highest BCUT2D eigenvalue weighted by molar-refractivity contribution is 5.85. The van der Waals surface area contributed by atoms with E-state index in [9.17, 15) is 10.2 Å². The Morgan fingerprint density at radius 3 is 2.36 bits per heavy atom. The van der Waals surface area contributed by atoms with Gasteiger partial charge in [0.1, 0.15) is 0 Å². The van der Waals surface area contributed by atoms with Gasteiger partial charge in [-0.2, -0.15) is 0 Å². The van der Waals surface area contributed by atoms with E-state index < -0.39 is 5.60 Å². The van der Waals surface area contributed by atoms with Crippen molar-refractivity contribution in [3.63, 3.8) is 0 Å². The monoisotopic (exact) mass is 371 g/mol. The molecule has 9 atom stereocenters. The van der Waals surface area contributed by atoms with E-state index in [1.807, 2.05) is 0 Å². The second kappa shape index (κ2) is 6.36. The Morgan fingerprint density at radius 2 is 1.68 bits per heavy atom. The molecular formula is C21H38ClNO2. The Balaban J connectivity index is 0.00000182. The zero-order valence-electron chi connectivity index (χ0n) is 16.2. The largest absolute Gasteiger partial charge is 0.393 e. The molecule has 4 N–H and O–H groups in total. The summed E-state index contributed by atoms with van der Waals surface area (Å²) in [6.07, 6.45) is 9.73. The standard InChI is InChI=1S/C21H37NO2.ClH/c1-13(22)16-8-11-21(24)18-5-4-14-12-15(23)6-9-19(14,2)17(18)7-10-20(16,21)3;/h13-18,23-24H,4-12,22H2,1-3H3;1H/t13?,14?,15?,16-,17+,18-,19+,20-,21+;/m1./s1. The average Bonchev–Trinajstić information content (AvgIpc) is 2.80. The molecule has 0 aromatic rings. The Bertz CT molecular complexity index is 514. The predicted molar refractivity (Wildman–Crippen MR) is 104 cm³/mol. The maximum absolute atomic E-state index is 11.9. The van der Waals surface area contributed by atoms with Gasteiger partial charge in [0.05, 0.1) is 11.7 Å². The van der Waals surface area contributed by atoms with E-state index in [0.717, 1.165) is 44.9 Å². The number of halogens is 1. The molecule has 4 fully saturated rings. The van der Waals surface area contributed by atoms with Crippen LogP contribution in [0.4, 0.5) is 0 Å². The molecule has 146 valence electrons. The zero-order valence-corrected chi connectivity index (χ0v) is 17.0. The lowest BCUT2D eigenvalue weighted by Crippen LogP contribution is -2.63. The van der Waals surface area contributed by atoms with Gasteiger partial charge < -0.3 is 15.9 Å². The lowest BCUT2D eigenvalue weighted by atomic mass is 9.43. The van der Waals surface area contributed by atoms with Crippen LogP contribution in [0.3, 0.4) is 0 Å². The van der Waals surface area contributed by atoms with E-state index in [0.29, 0.717) is 29.1 Å². The Hall–Kier alpha value is 0.170. The normalized spacial score (nSPS) is 56.2. The number of rotatable bonds is 1. The number of fused-ring (bicyclic) bond motifs is 5. The molecule has 0 aromatic heterocycles. The molecule has 3 nitrogen and oxygen atoms in total. The van der Waals surface area contributed by atoms with Gasteiger partial charge in [-0.25, -0.2) is 0 Å². The van der Waals surface area contributed by atoms with Crippen LogP contribution in [0.25, 0.3) is 0 Å². The third-order valence-corrected chi connectivity index (χ3v) is 9.53. The first-order valence-electron chi connectivity index (χ1n) is 10.4. The van der Waals surface area contributed by atoms with Crippen molar-refractivity contribution in [1.29, 1.82) is 0 Å². The van der Waals surface area contributed by atoms with Gasteiger partial charge in [0.25, 0.3) is 0 Å². The van der Waals surface area contributed by atoms with Crippen LogP contribution >= 0.6 is 12.4 Å². The van der Waals surface area contributed by atoms with Gasteiger partial charge in [0.15, 0.2) is 0 Å². The second-order valence-electron chi connectivity index (χ2n) is 10.3. The van der Waals surface area contributed by atoms with Gasteiger partial charge in [-0.15, -0.1) is 12.4 Å². The summed E-state index contributed by atoms with van der Waals surface area (Å²) in [5.41, 5.74) is 6.13. The van der Waals surface area contributed by atoms with Crippen molar-refractivity contribution >= 4 is 12.4 Å². The molecule has 0 aromatic carbocycles. The Kier molecular flexibility index (Phi) is 5.07. The van der Waals surface area contributed by atoms with Crippen LogP contribution in [-0.4, -0.2) is 28.0 Å². The summed E-state index contributed by atoms with van der Waals surface area (Å²) in [5.74, 6) is 2.19. The predicted octanol–water partition coefficient (Wildman–Crippen LogP) is 3.89. The highest BCUT2D eigenvalue weighted by Crippen LogP contribution is 2.69. The quantitative estimate of drug-likeness (QED) is 0.655. The number of nitrogens with two attached hydrogens (primary N) is 1. The van der Waals surface area contributed by atoms with E-state index >= 15 is 0 Å². The molecule has 0 aliphatic heterocycles. The summed E-state index contributed by atoms with van der Waals surface area (Å²) in [5, 5.41) is 22.1. The van der Waals surface area contributed by atoms with Gasteiger partial charge in [0, 0.05) is 11.5 Å². The molecule has 0 amide bonds. The van der Waals surface area contributed by atoms with Crippen molar-refractivity contribution in [2.24, 2.45) is 40.2 Å². The van der Waals surface area contributed by atoms with Crippen LogP contribution in [-0.2, 0) is 0 Å². The number of aliphatic hydroxyl groups is 2. The lowest BCUT2D eigenvalue weighted by Gasteiger charge is -2.63. The van der Waals surface area contributed by atoms with E-state index in [2.05, 4.69) is 20.8 Å². The van der Waals surface area contributed by atoms with Crippen LogP contribution < -0.4 is 5.73 Å². The van der Waals surface area contributed by atoms with Gasteiger partial charge in [0.2, 0.25) is 0 Å². The summed E-state index contributed by atoms with van der Waals surface area (Å²) in [7, 11) is 0. The first-order valence-corrected chi connectivity index (χ1v) is 10.4. The minimum absolute atomic E-state index is 0. The summed E-state index contributed by atoms with van der Waals surface area (Å²) in [4.78, 5) is 0. The molecule has 4 aliphatic carbocycles. The highest BCUT2D eigenvalue weighted by Gasteiger charge is 2.67. The number of aliphatic hydroxyl groups excluding tert-OH is 1. The molecule has 3 unspecified atom stereocenters. The fourth-order valence-electron chi connectivity index (χ4n) is 8.09. The van der Waals surface area contributed by atoms with Gasteiger partial charge >= 0.3 is 0 Å². The third-order valence-electron chi connectivity index (χ3n) is 9.53. The molecule has 0 radical (unpaired) electrons. The third kappa shape index (κ3) is 2.56. The summed E-state index contributed by atoms with van der Waals surface area (Å²) in [6.45, 7) is 6.95. The first-order chi connectivity index (χ1) is 11.2. The molecule has 25 heavy (non-hydrogen) atoms. The molecule has 4 saturated carbocycles. The molecule has 0 spiro atoms. The summed E-state index contributed by atoms with van der Waals surface area (Å²) >= 11 is 0.